The first-order valence-electron chi connectivity index (χ1n) is 3.76. The molecular weight excluding hydrogens is 189 g/mol. The molecule has 1 aliphatic heterocycles. The van der Waals surface area contributed by atoms with Gasteiger partial charge in [0, 0.05) is 6.42 Å². The largest absolute Gasteiger partial charge is 0.673 e. The lowest BCUT2D eigenvalue weighted by molar-refractivity contribution is -0.452. The zero-order valence-electron chi connectivity index (χ0n) is 6.68. The number of aromatic amines is 1. The number of fused-ring (bicyclic) bond motifs is 1. The number of aryl methyl sites for hydroxylation is 2. The standard InChI is InChI=1S/C5H7N3.BF4/c1-2-5-7-6-4-8(5)3-1;2-1(3,4)5/h4H,1-3H2;/q;-1/p+1. The number of hydrogen-bond acceptors (Lipinski definition) is 1. The van der Waals surface area contributed by atoms with E-state index in [4.69, 9.17) is 0 Å². The lowest BCUT2D eigenvalue weighted by atomic mass is 10.3. The first-order chi connectivity index (χ1) is 5.97. The van der Waals surface area contributed by atoms with E-state index in [1.165, 1.54) is 12.2 Å². The molecule has 0 aliphatic carbocycles. The van der Waals surface area contributed by atoms with Gasteiger partial charge < -0.3 is 17.3 Å². The smallest absolute Gasteiger partial charge is 0.418 e. The van der Waals surface area contributed by atoms with E-state index < -0.39 is 7.25 Å². The molecule has 2 heterocycles. The fourth-order valence-electron chi connectivity index (χ4n) is 1.11. The van der Waals surface area contributed by atoms with E-state index >= 15 is 0 Å². The fraction of sp³-hybridized carbons (Fsp3) is 0.600. The van der Waals surface area contributed by atoms with Crippen LogP contribution in [0.4, 0.5) is 17.3 Å². The van der Waals surface area contributed by atoms with Crippen LogP contribution in [0, 0.1) is 0 Å². The minimum absolute atomic E-state index is 1.14. The van der Waals surface area contributed by atoms with Crippen LogP contribution in [-0.4, -0.2) is 16.9 Å². The van der Waals surface area contributed by atoms with Gasteiger partial charge >= 0.3 is 7.25 Å². The molecule has 0 amide bonds. The Bertz CT molecular complexity index is 246. The van der Waals surface area contributed by atoms with Crippen LogP contribution in [0.1, 0.15) is 12.2 Å². The molecule has 0 unspecified atom stereocenters. The van der Waals surface area contributed by atoms with Gasteiger partial charge in [-0.15, -0.1) is 0 Å². The summed E-state index contributed by atoms with van der Waals surface area (Å²) in [4.78, 5) is 0. The van der Waals surface area contributed by atoms with Gasteiger partial charge in [-0.1, -0.05) is 0 Å². The summed E-state index contributed by atoms with van der Waals surface area (Å²) in [6.45, 7) is 1.14. The van der Waals surface area contributed by atoms with Crippen molar-refractivity contribution < 1.29 is 22.4 Å². The Morgan fingerprint density at radius 3 is 2.54 bits per heavy atom. The van der Waals surface area contributed by atoms with E-state index in [1.54, 1.807) is 0 Å². The van der Waals surface area contributed by atoms with Crippen LogP contribution in [0.25, 0.3) is 0 Å². The second kappa shape index (κ2) is 3.76. The van der Waals surface area contributed by atoms with Gasteiger partial charge in [-0.25, -0.2) is 4.57 Å². The van der Waals surface area contributed by atoms with Gasteiger partial charge in [0.25, 0.3) is 6.33 Å². The summed E-state index contributed by atoms with van der Waals surface area (Å²) in [6, 6.07) is 0. The van der Waals surface area contributed by atoms with E-state index in [0.717, 1.165) is 13.0 Å². The molecule has 0 radical (unpaired) electrons. The lowest BCUT2D eigenvalue weighted by Crippen LogP contribution is -2.02. The van der Waals surface area contributed by atoms with Gasteiger partial charge in [-0.2, -0.15) is 5.10 Å². The van der Waals surface area contributed by atoms with Crippen LogP contribution in [-0.2, 0) is 13.0 Å². The molecule has 8 heteroatoms. The maximum atomic E-state index is 9.75. The van der Waals surface area contributed by atoms with E-state index in [9.17, 15) is 17.3 Å². The normalized spacial score (nSPS) is 14.8. The second-order valence-electron chi connectivity index (χ2n) is 2.58. The summed E-state index contributed by atoms with van der Waals surface area (Å²) in [5.74, 6) is 1.20. The molecule has 3 nitrogen and oxygen atoms in total. The van der Waals surface area contributed by atoms with Crippen LogP contribution in [0.15, 0.2) is 6.33 Å². The van der Waals surface area contributed by atoms with Gasteiger partial charge in [0.2, 0.25) is 5.82 Å². The maximum absolute atomic E-state index is 9.75. The highest BCUT2D eigenvalue weighted by molar-refractivity contribution is 6.50. The number of nitrogens with one attached hydrogen (secondary N) is 1. The average molecular weight is 197 g/mol. The first kappa shape index (κ1) is 10.0. The lowest BCUT2D eigenvalue weighted by Gasteiger charge is -1.94. The van der Waals surface area contributed by atoms with Crippen molar-refractivity contribution in [2.24, 2.45) is 0 Å². The SMILES string of the molecule is F[B-](F)(F)F.c1[nH+]nc2n1CCC2. The Hall–Kier alpha value is -1.08. The quantitative estimate of drug-likeness (QED) is 0.449. The summed E-state index contributed by atoms with van der Waals surface area (Å²) >= 11 is 0. The molecule has 0 saturated heterocycles. The Kier molecular flexibility index (Phi) is 2.89. The molecule has 1 aromatic heterocycles. The van der Waals surface area contributed by atoms with Gasteiger partial charge in [0.1, 0.15) is 0 Å². The molecule has 1 aromatic rings. The maximum Gasteiger partial charge on any atom is 0.673 e. The van der Waals surface area contributed by atoms with Crippen molar-refractivity contribution >= 4 is 7.25 Å². The van der Waals surface area contributed by atoms with Crippen molar-refractivity contribution in [1.82, 2.24) is 9.67 Å². The monoisotopic (exact) mass is 197 g/mol. The summed E-state index contributed by atoms with van der Waals surface area (Å²) in [5, 5.41) is 6.85. The Morgan fingerprint density at radius 2 is 2.00 bits per heavy atom. The van der Waals surface area contributed by atoms with Gasteiger partial charge in [-0.3, -0.25) is 0 Å². The highest BCUT2D eigenvalue weighted by atomic mass is 19.5. The number of halogens is 4. The second-order valence-corrected chi connectivity index (χ2v) is 2.58. The fourth-order valence-corrected chi connectivity index (χ4v) is 1.11. The molecule has 74 valence electrons. The summed E-state index contributed by atoms with van der Waals surface area (Å²) in [5.41, 5.74) is 0. The molecular formula is C5H8BF4N3. The number of aromatic nitrogens is 3. The van der Waals surface area contributed by atoms with E-state index in [-0.39, 0.29) is 0 Å². The number of H-pyrrole nitrogens is 1. The van der Waals surface area contributed by atoms with E-state index in [2.05, 4.69) is 14.8 Å². The third-order valence-electron chi connectivity index (χ3n) is 1.54. The van der Waals surface area contributed by atoms with Crippen LogP contribution < -0.4 is 5.10 Å². The van der Waals surface area contributed by atoms with Crippen LogP contribution in [0.5, 0.6) is 0 Å². The van der Waals surface area contributed by atoms with Gasteiger partial charge in [0.15, 0.2) is 0 Å². The van der Waals surface area contributed by atoms with Gasteiger partial charge in [-0.05, 0) is 11.5 Å². The Labute approximate surface area is 71.9 Å². The molecule has 0 aromatic carbocycles. The minimum atomic E-state index is -6.00. The number of hydrogen-bond donors (Lipinski definition) is 0. The molecule has 0 bridgehead atoms. The van der Waals surface area contributed by atoms with Gasteiger partial charge in [0.05, 0.1) is 6.54 Å². The summed E-state index contributed by atoms with van der Waals surface area (Å²) in [7, 11) is -6.00. The molecule has 0 saturated carbocycles. The van der Waals surface area contributed by atoms with Crippen molar-refractivity contribution in [2.75, 3.05) is 0 Å². The van der Waals surface area contributed by atoms with Crippen LogP contribution >= 0.6 is 0 Å². The molecule has 1 aliphatic rings. The number of rotatable bonds is 0. The average Bonchev–Trinajstić information content (AvgIpc) is 2.36. The first-order valence-corrected chi connectivity index (χ1v) is 3.76. The van der Waals surface area contributed by atoms with E-state index in [0.29, 0.717) is 0 Å². The van der Waals surface area contributed by atoms with Crippen molar-refractivity contribution in [3.05, 3.63) is 12.2 Å². The van der Waals surface area contributed by atoms with Crippen molar-refractivity contribution in [3.8, 4) is 0 Å². The highest BCUT2D eigenvalue weighted by Gasteiger charge is 2.20. The third-order valence-corrected chi connectivity index (χ3v) is 1.54. The molecule has 0 spiro atoms. The zero-order chi connectivity index (χ0) is 9.90. The van der Waals surface area contributed by atoms with Crippen molar-refractivity contribution in [2.45, 2.75) is 19.4 Å². The van der Waals surface area contributed by atoms with Crippen LogP contribution in [0.3, 0.4) is 0 Å². The zero-order valence-corrected chi connectivity index (χ0v) is 6.68. The van der Waals surface area contributed by atoms with E-state index in [1.807, 2.05) is 6.33 Å². The highest BCUT2D eigenvalue weighted by Crippen LogP contribution is 2.07. The topological polar surface area (TPSA) is 32.0 Å². The van der Waals surface area contributed by atoms with Crippen molar-refractivity contribution in [1.29, 1.82) is 0 Å². The molecule has 1 N–H and O–H groups in total. The third kappa shape index (κ3) is 3.91. The minimum Gasteiger partial charge on any atom is -0.418 e. The molecule has 0 atom stereocenters. The Balaban J connectivity index is 0.000000149. The molecule has 0 fully saturated rings. The summed E-state index contributed by atoms with van der Waals surface area (Å²) < 4.78 is 41.2. The summed E-state index contributed by atoms with van der Waals surface area (Å²) in [6.07, 6.45) is 4.32. The molecule has 2 rings (SSSR count). The van der Waals surface area contributed by atoms with Crippen LogP contribution in [0.2, 0.25) is 0 Å². The predicted molar refractivity (Wildman–Crippen MR) is 37.3 cm³/mol. The molecule has 13 heavy (non-hydrogen) atoms. The Morgan fingerprint density at radius 1 is 1.38 bits per heavy atom. The van der Waals surface area contributed by atoms with Crippen molar-refractivity contribution in [3.63, 3.8) is 0 Å². The number of nitrogens with zero attached hydrogens (tertiary/aromatic N) is 2. The predicted octanol–water partition coefficient (Wildman–Crippen LogP) is 0.943.